The Balaban J connectivity index is 2.01. The number of amides is 1. The number of rotatable bonds is 8. The van der Waals surface area contributed by atoms with E-state index in [4.69, 9.17) is 44.3 Å². The van der Waals surface area contributed by atoms with E-state index in [1.165, 1.54) is 19.2 Å². The highest BCUT2D eigenvalue weighted by Gasteiger charge is 2.35. The molecule has 0 bridgehead atoms. The Hall–Kier alpha value is -1.99. The Labute approximate surface area is 178 Å². The summed E-state index contributed by atoms with van der Waals surface area (Å²) >= 11 is 17.9. The molecule has 150 valence electrons. The second kappa shape index (κ2) is 9.98. The van der Waals surface area contributed by atoms with Crippen LogP contribution in [0.5, 0.6) is 5.75 Å². The molecule has 6 nitrogen and oxygen atoms in total. The number of hydrogen-bond donors (Lipinski definition) is 2. The number of methoxy groups -OCH3 is 1. The van der Waals surface area contributed by atoms with Crippen LogP contribution in [0.3, 0.4) is 0 Å². The van der Waals surface area contributed by atoms with Crippen molar-refractivity contribution in [2.75, 3.05) is 25.6 Å². The van der Waals surface area contributed by atoms with Crippen molar-refractivity contribution in [1.29, 1.82) is 0 Å². The molecule has 2 N–H and O–H groups in total. The molecule has 2 rings (SSSR count). The van der Waals surface area contributed by atoms with Crippen LogP contribution < -0.4 is 15.4 Å². The summed E-state index contributed by atoms with van der Waals surface area (Å²) in [6.07, 6.45) is 0. The highest BCUT2D eigenvalue weighted by Crippen LogP contribution is 2.32. The summed E-state index contributed by atoms with van der Waals surface area (Å²) in [7, 11) is 1.26. The van der Waals surface area contributed by atoms with Crippen LogP contribution in [-0.4, -0.2) is 37.7 Å². The summed E-state index contributed by atoms with van der Waals surface area (Å²) < 4.78 is 10.5. The monoisotopic (exact) mass is 444 g/mol. The lowest BCUT2D eigenvalue weighted by Gasteiger charge is -2.27. The van der Waals surface area contributed by atoms with E-state index in [0.717, 1.165) is 0 Å². The number of carbonyl (C=O) groups excluding carboxylic acids is 2. The van der Waals surface area contributed by atoms with Crippen LogP contribution in [0.25, 0.3) is 0 Å². The third-order valence-electron chi connectivity index (χ3n) is 3.83. The largest absolute Gasteiger partial charge is 0.491 e. The number of carbonyl (C=O) groups is 2. The molecule has 28 heavy (non-hydrogen) atoms. The van der Waals surface area contributed by atoms with Crippen molar-refractivity contribution in [3.63, 3.8) is 0 Å². The van der Waals surface area contributed by atoms with Crippen molar-refractivity contribution in [2.45, 2.75) is 12.5 Å². The van der Waals surface area contributed by atoms with Gasteiger partial charge in [0.05, 0.1) is 34.4 Å². The van der Waals surface area contributed by atoms with Gasteiger partial charge in [-0.1, -0.05) is 53.0 Å². The molecular formula is C19H19Cl3N2O4. The predicted molar refractivity (Wildman–Crippen MR) is 110 cm³/mol. The highest BCUT2D eigenvalue weighted by atomic mass is 35.5. The number of nitrogens with one attached hydrogen (secondary N) is 2. The van der Waals surface area contributed by atoms with Crippen molar-refractivity contribution in [1.82, 2.24) is 5.32 Å². The predicted octanol–water partition coefficient (Wildman–Crippen LogP) is 4.19. The van der Waals surface area contributed by atoms with E-state index < -0.39 is 17.4 Å². The Bertz CT molecular complexity index is 849. The summed E-state index contributed by atoms with van der Waals surface area (Å²) in [6, 6.07) is 11.9. The van der Waals surface area contributed by atoms with Gasteiger partial charge in [-0.25, -0.2) is 4.79 Å². The van der Waals surface area contributed by atoms with E-state index in [1.54, 1.807) is 19.1 Å². The molecule has 0 fully saturated rings. The number of ether oxygens (including phenoxy) is 2. The fraction of sp³-hybridized carbons (Fsp3) is 0.263. The lowest BCUT2D eigenvalue weighted by molar-refractivity contribution is -0.149. The van der Waals surface area contributed by atoms with Gasteiger partial charge >= 0.3 is 5.97 Å². The molecule has 1 unspecified atom stereocenters. The van der Waals surface area contributed by atoms with Crippen molar-refractivity contribution in [3.8, 4) is 5.75 Å². The average Bonchev–Trinajstić information content (AvgIpc) is 2.69. The third-order valence-corrected chi connectivity index (χ3v) is 4.86. The molecule has 0 saturated carbocycles. The minimum absolute atomic E-state index is 0.0372. The van der Waals surface area contributed by atoms with Crippen LogP contribution in [-0.2, 0) is 14.3 Å². The zero-order valence-corrected chi connectivity index (χ0v) is 17.5. The summed E-state index contributed by atoms with van der Waals surface area (Å²) in [5.41, 5.74) is -0.938. The molecule has 0 saturated heterocycles. The fourth-order valence-electron chi connectivity index (χ4n) is 2.24. The standard InChI is InChI=1S/C19H19Cl3N2O4/c1-19(18(26)27-2,11-28-12-6-4-3-5-7-12)23-10-17(25)24-16-9-14(21)13(20)8-15(16)22/h3-9,23H,10-11H2,1-2H3,(H,24,25). The van der Waals surface area contributed by atoms with E-state index in [9.17, 15) is 9.59 Å². The Morgan fingerprint density at radius 2 is 1.68 bits per heavy atom. The van der Waals surface area contributed by atoms with Crippen molar-refractivity contribution in [2.24, 2.45) is 0 Å². The van der Waals surface area contributed by atoms with Gasteiger partial charge in [0.1, 0.15) is 17.9 Å². The molecule has 1 atom stereocenters. The highest BCUT2D eigenvalue weighted by molar-refractivity contribution is 6.44. The number of esters is 1. The Kier molecular flexibility index (Phi) is 7.95. The minimum atomic E-state index is -1.25. The van der Waals surface area contributed by atoms with Crippen LogP contribution in [0.2, 0.25) is 15.1 Å². The van der Waals surface area contributed by atoms with Crippen molar-refractivity contribution in [3.05, 3.63) is 57.5 Å². The van der Waals surface area contributed by atoms with Gasteiger partial charge in [-0.15, -0.1) is 0 Å². The van der Waals surface area contributed by atoms with Gasteiger partial charge in [-0.2, -0.15) is 0 Å². The van der Waals surface area contributed by atoms with Crippen LogP contribution in [0.1, 0.15) is 6.92 Å². The van der Waals surface area contributed by atoms with E-state index in [0.29, 0.717) is 11.4 Å². The number of anilines is 1. The molecule has 0 aliphatic rings. The van der Waals surface area contributed by atoms with Crippen LogP contribution in [0, 0.1) is 0 Å². The maximum atomic E-state index is 12.3. The zero-order chi connectivity index (χ0) is 20.7. The number of halogens is 3. The van der Waals surface area contributed by atoms with Crippen molar-refractivity contribution < 1.29 is 19.1 Å². The maximum Gasteiger partial charge on any atom is 0.329 e. The first-order valence-corrected chi connectivity index (χ1v) is 9.34. The van der Waals surface area contributed by atoms with Crippen LogP contribution in [0.4, 0.5) is 5.69 Å². The first-order chi connectivity index (χ1) is 13.2. The van der Waals surface area contributed by atoms with E-state index in [-0.39, 0.29) is 28.2 Å². The SMILES string of the molecule is COC(=O)C(C)(COc1ccccc1)NCC(=O)Nc1cc(Cl)c(Cl)cc1Cl. The minimum Gasteiger partial charge on any atom is -0.491 e. The summed E-state index contributed by atoms with van der Waals surface area (Å²) in [5.74, 6) is -0.412. The average molecular weight is 446 g/mol. The van der Waals surface area contributed by atoms with Gasteiger partial charge < -0.3 is 14.8 Å². The molecule has 0 aliphatic heterocycles. The van der Waals surface area contributed by atoms with Gasteiger partial charge in [-0.05, 0) is 31.2 Å². The molecule has 2 aromatic carbocycles. The van der Waals surface area contributed by atoms with Crippen LogP contribution in [0.15, 0.2) is 42.5 Å². The lowest BCUT2D eigenvalue weighted by Crippen LogP contribution is -2.56. The molecule has 0 aliphatic carbocycles. The zero-order valence-electron chi connectivity index (χ0n) is 15.2. The molecule has 9 heteroatoms. The van der Waals surface area contributed by atoms with Crippen molar-refractivity contribution >= 4 is 52.4 Å². The second-order valence-electron chi connectivity index (χ2n) is 6.07. The topological polar surface area (TPSA) is 76.7 Å². The number of para-hydroxylation sites is 1. The third kappa shape index (κ3) is 6.01. The molecule has 0 radical (unpaired) electrons. The number of benzene rings is 2. The molecule has 0 aromatic heterocycles. The first kappa shape index (κ1) is 22.3. The summed E-state index contributed by atoms with van der Waals surface area (Å²) in [4.78, 5) is 24.5. The lowest BCUT2D eigenvalue weighted by atomic mass is 10.0. The number of hydrogen-bond acceptors (Lipinski definition) is 5. The molecule has 1 amide bonds. The molecule has 0 heterocycles. The normalized spacial score (nSPS) is 12.8. The molecular weight excluding hydrogens is 427 g/mol. The fourth-order valence-corrected chi connectivity index (χ4v) is 2.83. The summed E-state index contributed by atoms with van der Waals surface area (Å²) in [5, 5.41) is 6.25. The van der Waals surface area contributed by atoms with E-state index >= 15 is 0 Å². The van der Waals surface area contributed by atoms with Gasteiger partial charge in [0.25, 0.3) is 0 Å². The van der Waals surface area contributed by atoms with Gasteiger partial charge in [-0.3, -0.25) is 10.1 Å². The Morgan fingerprint density at radius 1 is 1.04 bits per heavy atom. The van der Waals surface area contributed by atoms with Gasteiger partial charge in [0.2, 0.25) is 5.91 Å². The smallest absolute Gasteiger partial charge is 0.329 e. The quantitative estimate of drug-likeness (QED) is 0.471. The van der Waals surface area contributed by atoms with E-state index in [2.05, 4.69) is 10.6 Å². The van der Waals surface area contributed by atoms with E-state index in [1.807, 2.05) is 18.2 Å². The molecule has 0 spiro atoms. The Morgan fingerprint density at radius 3 is 2.32 bits per heavy atom. The summed E-state index contributed by atoms with van der Waals surface area (Å²) in [6.45, 7) is 1.35. The van der Waals surface area contributed by atoms with Gasteiger partial charge in [0, 0.05) is 0 Å². The second-order valence-corrected chi connectivity index (χ2v) is 7.29. The maximum absolute atomic E-state index is 12.3. The first-order valence-electron chi connectivity index (χ1n) is 8.21. The van der Waals surface area contributed by atoms with Gasteiger partial charge in [0.15, 0.2) is 0 Å². The molecule has 2 aromatic rings. The van der Waals surface area contributed by atoms with Crippen LogP contribution >= 0.6 is 34.8 Å².